The van der Waals surface area contributed by atoms with E-state index in [-0.39, 0.29) is 12.5 Å². The summed E-state index contributed by atoms with van der Waals surface area (Å²) in [5.41, 5.74) is 4.11. The van der Waals surface area contributed by atoms with Crippen molar-refractivity contribution in [2.75, 3.05) is 5.32 Å². The second-order valence-electron chi connectivity index (χ2n) is 6.30. The molecular formula is C22H23N2O2+. The summed E-state index contributed by atoms with van der Waals surface area (Å²) in [6.07, 6.45) is 3.70. The van der Waals surface area contributed by atoms with Crippen LogP contribution >= 0.6 is 0 Å². The lowest BCUT2D eigenvalue weighted by atomic mass is 10.1. The van der Waals surface area contributed by atoms with Gasteiger partial charge in [-0.05, 0) is 36.6 Å². The molecule has 0 bridgehead atoms. The maximum absolute atomic E-state index is 12.4. The minimum atomic E-state index is -0.0624. The summed E-state index contributed by atoms with van der Waals surface area (Å²) in [6, 6.07) is 19.8. The van der Waals surface area contributed by atoms with Crippen molar-refractivity contribution in [3.8, 4) is 5.75 Å². The molecule has 0 spiro atoms. The first kappa shape index (κ1) is 17.7. The van der Waals surface area contributed by atoms with E-state index in [1.165, 1.54) is 0 Å². The van der Waals surface area contributed by atoms with E-state index in [2.05, 4.69) is 5.32 Å². The van der Waals surface area contributed by atoms with E-state index in [4.69, 9.17) is 4.74 Å². The summed E-state index contributed by atoms with van der Waals surface area (Å²) in [6.45, 7) is 4.72. The molecule has 0 fully saturated rings. The van der Waals surface area contributed by atoms with Crippen molar-refractivity contribution in [2.24, 2.45) is 0 Å². The zero-order valence-electron chi connectivity index (χ0n) is 15.1. The predicted octanol–water partition coefficient (Wildman–Crippen LogP) is 3.81. The smallest absolute Gasteiger partial charge is 0.290 e. The summed E-state index contributed by atoms with van der Waals surface area (Å²) in [7, 11) is 0. The zero-order valence-corrected chi connectivity index (χ0v) is 15.1. The van der Waals surface area contributed by atoms with Gasteiger partial charge in [0.25, 0.3) is 5.91 Å². The molecule has 0 atom stereocenters. The highest BCUT2D eigenvalue weighted by Crippen LogP contribution is 2.19. The number of amides is 1. The number of pyridine rings is 1. The molecule has 0 radical (unpaired) electrons. The number of rotatable bonds is 6. The number of aromatic nitrogens is 1. The van der Waals surface area contributed by atoms with Crippen LogP contribution in [0, 0.1) is 13.8 Å². The van der Waals surface area contributed by atoms with Crippen molar-refractivity contribution in [1.82, 2.24) is 0 Å². The summed E-state index contributed by atoms with van der Waals surface area (Å²) in [5, 5.41) is 3.00. The van der Waals surface area contributed by atoms with E-state index in [0.29, 0.717) is 6.61 Å². The molecule has 0 aliphatic heterocycles. The Kier molecular flexibility index (Phi) is 5.64. The van der Waals surface area contributed by atoms with E-state index in [0.717, 1.165) is 28.1 Å². The summed E-state index contributed by atoms with van der Waals surface area (Å²) < 4.78 is 7.64. The van der Waals surface area contributed by atoms with Crippen LogP contribution in [0.2, 0.25) is 0 Å². The largest absolute Gasteiger partial charge is 0.483 e. The van der Waals surface area contributed by atoms with Gasteiger partial charge in [0, 0.05) is 11.8 Å². The highest BCUT2D eigenvalue weighted by molar-refractivity contribution is 5.91. The molecule has 3 aromatic rings. The second-order valence-corrected chi connectivity index (χ2v) is 6.30. The van der Waals surface area contributed by atoms with Crippen LogP contribution < -0.4 is 14.6 Å². The van der Waals surface area contributed by atoms with Crippen LogP contribution in [0.4, 0.5) is 5.69 Å². The summed E-state index contributed by atoms with van der Waals surface area (Å²) in [5.74, 6) is 0.670. The van der Waals surface area contributed by atoms with Gasteiger partial charge in [0.2, 0.25) is 12.7 Å². The number of nitrogens with zero attached hydrogens (tertiary/aromatic N) is 1. The number of aryl methyl sites for hydroxylation is 2. The van der Waals surface area contributed by atoms with Crippen molar-refractivity contribution < 1.29 is 14.1 Å². The maximum atomic E-state index is 12.4. The Bertz CT molecular complexity index is 871. The van der Waals surface area contributed by atoms with Crippen LogP contribution in [-0.4, -0.2) is 5.91 Å². The number of nitrogens with one attached hydrogen (secondary N) is 1. The van der Waals surface area contributed by atoms with E-state index in [1.807, 2.05) is 91.5 Å². The molecule has 4 heteroatoms. The minimum absolute atomic E-state index is 0.0624. The Balaban J connectivity index is 1.62. The fourth-order valence-corrected chi connectivity index (χ4v) is 2.78. The molecule has 3 rings (SSSR count). The fourth-order valence-electron chi connectivity index (χ4n) is 2.78. The average Bonchev–Trinajstić information content (AvgIpc) is 2.64. The third-order valence-electron chi connectivity index (χ3n) is 4.15. The van der Waals surface area contributed by atoms with Crippen LogP contribution in [0.25, 0.3) is 0 Å². The van der Waals surface area contributed by atoms with Gasteiger partial charge >= 0.3 is 0 Å². The van der Waals surface area contributed by atoms with Gasteiger partial charge in [-0.1, -0.05) is 48.5 Å². The first-order valence-corrected chi connectivity index (χ1v) is 8.64. The monoisotopic (exact) mass is 347 g/mol. The third-order valence-corrected chi connectivity index (χ3v) is 4.15. The molecule has 26 heavy (non-hydrogen) atoms. The van der Waals surface area contributed by atoms with Crippen LogP contribution in [0.5, 0.6) is 5.75 Å². The number of hydrogen-bond donors (Lipinski definition) is 1. The normalized spacial score (nSPS) is 10.4. The molecule has 0 aliphatic rings. The maximum Gasteiger partial charge on any atom is 0.290 e. The Morgan fingerprint density at radius 3 is 2.42 bits per heavy atom. The Morgan fingerprint density at radius 1 is 0.962 bits per heavy atom. The topological polar surface area (TPSA) is 42.2 Å². The first-order chi connectivity index (χ1) is 12.6. The van der Waals surface area contributed by atoms with Crippen LogP contribution in [0.15, 0.2) is 73.1 Å². The molecule has 0 saturated carbocycles. The van der Waals surface area contributed by atoms with Gasteiger partial charge in [-0.25, -0.2) is 0 Å². The molecule has 132 valence electrons. The van der Waals surface area contributed by atoms with E-state index < -0.39 is 0 Å². The molecule has 2 aromatic carbocycles. The number of ether oxygens (including phenoxy) is 1. The quantitative estimate of drug-likeness (QED) is 0.689. The van der Waals surface area contributed by atoms with Gasteiger partial charge in [0.15, 0.2) is 11.9 Å². The molecule has 1 aromatic heterocycles. The lowest BCUT2D eigenvalue weighted by Crippen LogP contribution is -2.39. The Morgan fingerprint density at radius 2 is 1.69 bits per heavy atom. The number of carbonyl (C=O) groups excluding carboxylic acids is 1. The molecule has 1 N–H and O–H groups in total. The molecule has 0 saturated heterocycles. The fraction of sp³-hybridized carbons (Fsp3) is 0.182. The molecule has 1 amide bonds. The SMILES string of the molecule is Cc1cccc(C)c1NC(=O)C[n+]1cccc(OCc2ccccc2)c1. The number of para-hydroxylation sites is 1. The third kappa shape index (κ3) is 4.70. The highest BCUT2D eigenvalue weighted by Gasteiger charge is 2.13. The van der Waals surface area contributed by atoms with Gasteiger partial charge in [0.1, 0.15) is 6.61 Å². The zero-order chi connectivity index (χ0) is 18.4. The number of hydrogen-bond acceptors (Lipinski definition) is 2. The van der Waals surface area contributed by atoms with Crippen LogP contribution in [0.3, 0.4) is 0 Å². The lowest BCUT2D eigenvalue weighted by molar-refractivity contribution is -0.684. The summed E-state index contributed by atoms with van der Waals surface area (Å²) >= 11 is 0. The number of carbonyl (C=O) groups is 1. The molecule has 0 unspecified atom stereocenters. The van der Waals surface area contributed by atoms with E-state index >= 15 is 0 Å². The average molecular weight is 347 g/mol. The van der Waals surface area contributed by atoms with Gasteiger partial charge < -0.3 is 10.1 Å². The van der Waals surface area contributed by atoms with Crippen molar-refractivity contribution in [1.29, 1.82) is 0 Å². The highest BCUT2D eigenvalue weighted by atomic mass is 16.5. The second kappa shape index (κ2) is 8.30. The van der Waals surface area contributed by atoms with Gasteiger partial charge in [-0.3, -0.25) is 4.79 Å². The van der Waals surface area contributed by atoms with Crippen molar-refractivity contribution >= 4 is 11.6 Å². The van der Waals surface area contributed by atoms with Gasteiger partial charge in [-0.2, -0.15) is 4.57 Å². The number of benzene rings is 2. The predicted molar refractivity (Wildman–Crippen MR) is 102 cm³/mol. The van der Waals surface area contributed by atoms with Gasteiger partial charge in [-0.15, -0.1) is 0 Å². The minimum Gasteiger partial charge on any atom is -0.483 e. The first-order valence-electron chi connectivity index (χ1n) is 8.64. The standard InChI is InChI=1S/C22H22N2O2/c1-17-8-6-9-18(2)22(17)23-21(25)15-24-13-7-12-20(14-24)26-16-19-10-4-3-5-11-19/h3-14H,15-16H2,1-2H3/p+1. The van der Waals surface area contributed by atoms with Crippen molar-refractivity contribution in [2.45, 2.75) is 27.0 Å². The van der Waals surface area contributed by atoms with Crippen LogP contribution in [-0.2, 0) is 17.9 Å². The Labute approximate surface area is 154 Å². The molecule has 0 aliphatic carbocycles. The lowest BCUT2D eigenvalue weighted by Gasteiger charge is -2.10. The van der Waals surface area contributed by atoms with Gasteiger partial charge in [0.05, 0.1) is 0 Å². The molecule has 4 nitrogen and oxygen atoms in total. The van der Waals surface area contributed by atoms with E-state index in [9.17, 15) is 4.79 Å². The van der Waals surface area contributed by atoms with Crippen molar-refractivity contribution in [3.63, 3.8) is 0 Å². The number of anilines is 1. The van der Waals surface area contributed by atoms with Crippen LogP contribution in [0.1, 0.15) is 16.7 Å². The molecular weight excluding hydrogens is 324 g/mol. The summed E-state index contributed by atoms with van der Waals surface area (Å²) in [4.78, 5) is 12.4. The van der Waals surface area contributed by atoms with Crippen molar-refractivity contribution in [3.05, 3.63) is 89.7 Å². The molecule has 1 heterocycles. The van der Waals surface area contributed by atoms with E-state index in [1.54, 1.807) is 0 Å². The Hall–Kier alpha value is -3.14.